The number of amides is 1. The van der Waals surface area contributed by atoms with E-state index in [1.807, 2.05) is 6.07 Å². The minimum Gasteiger partial charge on any atom is -0.508 e. The number of H-pyrrole nitrogens is 1. The van der Waals surface area contributed by atoms with E-state index in [4.69, 9.17) is 5.73 Å². The van der Waals surface area contributed by atoms with Crippen LogP contribution in [0.15, 0.2) is 36.5 Å². The molecule has 5 nitrogen and oxygen atoms in total. The first-order valence-corrected chi connectivity index (χ1v) is 5.54. The fraction of sp³-hybridized carbons (Fsp3) is 0.154. The number of para-hydroxylation sites is 1. The molecule has 0 aliphatic heterocycles. The standard InChI is InChI=1S/C13H15N3O2/c1-16(8-9-4-2-3-5-12(9)17)13(18)11-6-10(14)7-15-11/h2-7,15,17H,8,14H2,1H3. The third kappa shape index (κ3) is 2.45. The highest BCUT2D eigenvalue weighted by molar-refractivity contribution is 5.93. The number of nitrogen functional groups attached to an aromatic ring is 1. The van der Waals surface area contributed by atoms with Crippen molar-refractivity contribution in [3.63, 3.8) is 0 Å². The maximum Gasteiger partial charge on any atom is 0.270 e. The van der Waals surface area contributed by atoms with Crippen molar-refractivity contribution in [3.05, 3.63) is 47.8 Å². The van der Waals surface area contributed by atoms with Gasteiger partial charge in [0.1, 0.15) is 11.4 Å². The number of benzene rings is 1. The second-order valence-corrected chi connectivity index (χ2v) is 4.14. The third-order valence-electron chi connectivity index (χ3n) is 2.68. The Kier molecular flexibility index (Phi) is 3.23. The maximum atomic E-state index is 12.0. The van der Waals surface area contributed by atoms with Crippen molar-refractivity contribution >= 4 is 11.6 Å². The average molecular weight is 245 g/mol. The molecule has 0 fully saturated rings. The summed E-state index contributed by atoms with van der Waals surface area (Å²) in [6, 6.07) is 8.53. The average Bonchev–Trinajstić information content (AvgIpc) is 2.78. The molecule has 0 saturated heterocycles. The number of hydrogen-bond donors (Lipinski definition) is 3. The number of anilines is 1. The highest BCUT2D eigenvalue weighted by Gasteiger charge is 2.14. The summed E-state index contributed by atoms with van der Waals surface area (Å²) in [5.74, 6) is 0.0121. The Balaban J connectivity index is 2.11. The highest BCUT2D eigenvalue weighted by Crippen LogP contribution is 2.18. The van der Waals surface area contributed by atoms with E-state index < -0.39 is 0 Å². The van der Waals surface area contributed by atoms with Gasteiger partial charge < -0.3 is 20.7 Å². The second kappa shape index (κ2) is 4.83. The zero-order chi connectivity index (χ0) is 13.1. The van der Waals surface area contributed by atoms with E-state index in [1.165, 1.54) is 4.90 Å². The Labute approximate surface area is 105 Å². The number of aromatic amines is 1. The normalized spacial score (nSPS) is 10.3. The van der Waals surface area contributed by atoms with Crippen LogP contribution in [0.3, 0.4) is 0 Å². The summed E-state index contributed by atoms with van der Waals surface area (Å²) in [7, 11) is 1.67. The summed E-state index contributed by atoms with van der Waals surface area (Å²) in [5.41, 5.74) is 7.21. The molecule has 94 valence electrons. The monoisotopic (exact) mass is 245 g/mol. The third-order valence-corrected chi connectivity index (χ3v) is 2.68. The molecule has 0 unspecified atom stereocenters. The quantitative estimate of drug-likeness (QED) is 0.767. The van der Waals surface area contributed by atoms with Gasteiger partial charge in [-0.3, -0.25) is 4.79 Å². The van der Waals surface area contributed by atoms with Gasteiger partial charge in [-0.05, 0) is 12.1 Å². The molecule has 5 heteroatoms. The zero-order valence-electron chi connectivity index (χ0n) is 10.1. The summed E-state index contributed by atoms with van der Waals surface area (Å²) in [4.78, 5) is 16.4. The van der Waals surface area contributed by atoms with Crippen LogP contribution >= 0.6 is 0 Å². The molecule has 2 aromatic rings. The molecular formula is C13H15N3O2. The molecule has 1 aromatic heterocycles. The molecule has 0 atom stereocenters. The molecule has 1 heterocycles. The number of phenols is 1. The minimum absolute atomic E-state index is 0.171. The molecular weight excluding hydrogens is 230 g/mol. The molecule has 1 aromatic carbocycles. The van der Waals surface area contributed by atoms with Crippen molar-refractivity contribution < 1.29 is 9.90 Å². The van der Waals surface area contributed by atoms with E-state index >= 15 is 0 Å². The summed E-state index contributed by atoms with van der Waals surface area (Å²) in [6.07, 6.45) is 1.57. The molecule has 2 rings (SSSR count). The van der Waals surface area contributed by atoms with E-state index in [-0.39, 0.29) is 11.7 Å². The summed E-state index contributed by atoms with van der Waals surface area (Å²) >= 11 is 0. The highest BCUT2D eigenvalue weighted by atomic mass is 16.3. The van der Waals surface area contributed by atoms with Crippen LogP contribution in [0.1, 0.15) is 16.1 Å². The Morgan fingerprint density at radius 2 is 2.17 bits per heavy atom. The van der Waals surface area contributed by atoms with E-state index in [1.54, 1.807) is 37.5 Å². The molecule has 0 bridgehead atoms. The van der Waals surface area contributed by atoms with Crippen LogP contribution in [-0.4, -0.2) is 27.9 Å². The Morgan fingerprint density at radius 3 is 2.78 bits per heavy atom. The van der Waals surface area contributed by atoms with Crippen LogP contribution < -0.4 is 5.73 Å². The lowest BCUT2D eigenvalue weighted by Gasteiger charge is -2.17. The predicted octanol–water partition coefficient (Wildman–Crippen LogP) is 1.57. The van der Waals surface area contributed by atoms with Gasteiger partial charge in [0.15, 0.2) is 0 Å². The van der Waals surface area contributed by atoms with E-state index in [9.17, 15) is 9.90 Å². The lowest BCUT2D eigenvalue weighted by Crippen LogP contribution is -2.26. The van der Waals surface area contributed by atoms with Crippen LogP contribution in [0, 0.1) is 0 Å². The Morgan fingerprint density at radius 1 is 1.44 bits per heavy atom. The minimum atomic E-state index is -0.171. The SMILES string of the molecule is CN(Cc1ccccc1O)C(=O)c1cc(N)c[nH]1. The summed E-state index contributed by atoms with van der Waals surface area (Å²) < 4.78 is 0. The van der Waals surface area contributed by atoms with Crippen molar-refractivity contribution in [2.24, 2.45) is 0 Å². The van der Waals surface area contributed by atoms with Crippen LogP contribution in [0.25, 0.3) is 0 Å². The van der Waals surface area contributed by atoms with Gasteiger partial charge in [-0.2, -0.15) is 0 Å². The van der Waals surface area contributed by atoms with Gasteiger partial charge in [0, 0.05) is 31.0 Å². The van der Waals surface area contributed by atoms with Crippen LogP contribution in [0.5, 0.6) is 5.75 Å². The van der Waals surface area contributed by atoms with Crippen LogP contribution in [0.4, 0.5) is 5.69 Å². The van der Waals surface area contributed by atoms with Gasteiger partial charge in [0.05, 0.1) is 0 Å². The molecule has 0 aliphatic carbocycles. The molecule has 1 amide bonds. The van der Waals surface area contributed by atoms with E-state index in [0.29, 0.717) is 23.5 Å². The number of nitrogens with one attached hydrogen (secondary N) is 1. The van der Waals surface area contributed by atoms with Gasteiger partial charge in [0.2, 0.25) is 0 Å². The lowest BCUT2D eigenvalue weighted by atomic mass is 10.2. The maximum absolute atomic E-state index is 12.0. The molecule has 0 saturated carbocycles. The number of rotatable bonds is 3. The van der Waals surface area contributed by atoms with Crippen molar-refractivity contribution in [2.75, 3.05) is 12.8 Å². The molecule has 18 heavy (non-hydrogen) atoms. The number of carbonyl (C=O) groups is 1. The number of carbonyl (C=O) groups excluding carboxylic acids is 1. The second-order valence-electron chi connectivity index (χ2n) is 4.14. The van der Waals surface area contributed by atoms with Crippen LogP contribution in [0.2, 0.25) is 0 Å². The number of nitrogens with zero attached hydrogens (tertiary/aromatic N) is 1. The van der Waals surface area contributed by atoms with Gasteiger partial charge in [-0.1, -0.05) is 18.2 Å². The smallest absolute Gasteiger partial charge is 0.270 e. The first-order chi connectivity index (χ1) is 8.58. The summed E-state index contributed by atoms with van der Waals surface area (Å²) in [5, 5.41) is 9.65. The van der Waals surface area contributed by atoms with Crippen molar-refractivity contribution in [2.45, 2.75) is 6.54 Å². The Hall–Kier alpha value is -2.43. The molecule has 0 radical (unpaired) electrons. The topological polar surface area (TPSA) is 82.3 Å². The number of hydrogen-bond acceptors (Lipinski definition) is 3. The predicted molar refractivity (Wildman–Crippen MR) is 69.1 cm³/mol. The van der Waals surface area contributed by atoms with E-state index in [0.717, 1.165) is 0 Å². The first kappa shape index (κ1) is 12.0. The zero-order valence-corrected chi connectivity index (χ0v) is 10.1. The van der Waals surface area contributed by atoms with Crippen molar-refractivity contribution in [3.8, 4) is 5.75 Å². The Bertz CT molecular complexity index is 563. The fourth-order valence-electron chi connectivity index (χ4n) is 1.71. The fourth-order valence-corrected chi connectivity index (χ4v) is 1.71. The largest absolute Gasteiger partial charge is 0.508 e. The van der Waals surface area contributed by atoms with Crippen molar-refractivity contribution in [1.82, 2.24) is 9.88 Å². The number of aromatic hydroxyl groups is 1. The first-order valence-electron chi connectivity index (χ1n) is 5.54. The van der Waals surface area contributed by atoms with E-state index in [2.05, 4.69) is 4.98 Å². The molecule has 4 N–H and O–H groups in total. The van der Waals surface area contributed by atoms with Crippen molar-refractivity contribution in [1.29, 1.82) is 0 Å². The number of aromatic nitrogens is 1. The van der Waals surface area contributed by atoms with Gasteiger partial charge in [-0.15, -0.1) is 0 Å². The number of phenolic OH excluding ortho intramolecular Hbond substituents is 1. The molecule has 0 aliphatic rings. The van der Waals surface area contributed by atoms with Gasteiger partial charge >= 0.3 is 0 Å². The number of nitrogens with two attached hydrogens (primary N) is 1. The molecule has 0 spiro atoms. The van der Waals surface area contributed by atoms with Gasteiger partial charge in [0.25, 0.3) is 5.91 Å². The van der Waals surface area contributed by atoms with Crippen LogP contribution in [-0.2, 0) is 6.54 Å². The lowest BCUT2D eigenvalue weighted by molar-refractivity contribution is 0.0779. The van der Waals surface area contributed by atoms with Gasteiger partial charge in [-0.25, -0.2) is 0 Å². The summed E-state index contributed by atoms with van der Waals surface area (Å²) in [6.45, 7) is 0.338.